The molecule has 4 nitrogen and oxygen atoms in total. The van der Waals surface area contributed by atoms with Crippen molar-refractivity contribution < 1.29 is 9.53 Å². The molecular formula is C17H27ClN2O2. The van der Waals surface area contributed by atoms with E-state index in [0.29, 0.717) is 12.3 Å². The van der Waals surface area contributed by atoms with Crippen LogP contribution in [0.4, 0.5) is 0 Å². The maximum Gasteiger partial charge on any atom is 0.222 e. The third kappa shape index (κ3) is 5.50. The molecule has 1 aromatic carbocycles. The zero-order valence-electron chi connectivity index (χ0n) is 13.6. The summed E-state index contributed by atoms with van der Waals surface area (Å²) >= 11 is 0. The van der Waals surface area contributed by atoms with Crippen LogP contribution in [-0.2, 0) is 11.3 Å². The van der Waals surface area contributed by atoms with Gasteiger partial charge in [0, 0.05) is 38.2 Å². The lowest BCUT2D eigenvalue weighted by molar-refractivity contribution is -0.130. The van der Waals surface area contributed by atoms with Crippen LogP contribution in [0.5, 0.6) is 5.75 Å². The van der Waals surface area contributed by atoms with Gasteiger partial charge >= 0.3 is 0 Å². The molecule has 2 rings (SSSR count). The number of aryl methyl sites for hydroxylation is 1. The third-order valence-corrected chi connectivity index (χ3v) is 3.98. The zero-order chi connectivity index (χ0) is 15.1. The number of rotatable bonds is 6. The Hall–Kier alpha value is -1.26. The van der Waals surface area contributed by atoms with E-state index in [2.05, 4.69) is 24.4 Å². The molecule has 22 heavy (non-hydrogen) atoms. The SMILES string of the molecule is COc1ccc(C)cc1CNCCN1CCCCCC1=O.Cl. The first-order chi connectivity index (χ1) is 10.2. The smallest absolute Gasteiger partial charge is 0.222 e. The Balaban J connectivity index is 0.00000242. The van der Waals surface area contributed by atoms with Gasteiger partial charge in [-0.3, -0.25) is 4.79 Å². The fourth-order valence-corrected chi connectivity index (χ4v) is 2.76. The second-order valence-electron chi connectivity index (χ2n) is 5.68. The van der Waals surface area contributed by atoms with Crippen molar-refractivity contribution >= 4 is 18.3 Å². The zero-order valence-corrected chi connectivity index (χ0v) is 14.4. The fraction of sp³-hybridized carbons (Fsp3) is 0.588. The van der Waals surface area contributed by atoms with Crippen LogP contribution in [0.2, 0.25) is 0 Å². The molecule has 1 aliphatic heterocycles. The lowest BCUT2D eigenvalue weighted by Gasteiger charge is -2.20. The van der Waals surface area contributed by atoms with Gasteiger partial charge in [0.25, 0.3) is 0 Å². The van der Waals surface area contributed by atoms with E-state index in [1.54, 1.807) is 7.11 Å². The summed E-state index contributed by atoms with van der Waals surface area (Å²) in [5, 5.41) is 3.42. The standard InChI is InChI=1S/C17H26N2O2.ClH/c1-14-7-8-16(21-2)15(12-14)13-18-9-11-19-10-5-3-4-6-17(19)20;/h7-8,12,18H,3-6,9-11,13H2,1-2H3;1H. The van der Waals surface area contributed by atoms with E-state index in [0.717, 1.165) is 44.8 Å². The van der Waals surface area contributed by atoms with Crippen LogP contribution in [0.1, 0.15) is 36.8 Å². The highest BCUT2D eigenvalue weighted by Crippen LogP contribution is 2.19. The number of ether oxygens (including phenoxy) is 1. The molecule has 1 amide bonds. The van der Waals surface area contributed by atoms with Crippen molar-refractivity contribution in [2.45, 2.75) is 39.2 Å². The average molecular weight is 327 g/mol. The van der Waals surface area contributed by atoms with Crippen molar-refractivity contribution in [1.29, 1.82) is 0 Å². The number of hydrogen-bond acceptors (Lipinski definition) is 3. The van der Waals surface area contributed by atoms with Gasteiger partial charge < -0.3 is 15.0 Å². The van der Waals surface area contributed by atoms with Gasteiger partial charge in [-0.2, -0.15) is 0 Å². The summed E-state index contributed by atoms with van der Waals surface area (Å²) in [6.45, 7) is 5.38. The summed E-state index contributed by atoms with van der Waals surface area (Å²) in [7, 11) is 1.70. The number of methoxy groups -OCH3 is 1. The van der Waals surface area contributed by atoms with Gasteiger partial charge in [0.05, 0.1) is 7.11 Å². The van der Waals surface area contributed by atoms with Crippen LogP contribution in [0.15, 0.2) is 18.2 Å². The van der Waals surface area contributed by atoms with Crippen molar-refractivity contribution in [1.82, 2.24) is 10.2 Å². The number of amides is 1. The van der Waals surface area contributed by atoms with Crippen LogP contribution in [0.25, 0.3) is 0 Å². The summed E-state index contributed by atoms with van der Waals surface area (Å²) in [5.74, 6) is 1.22. The molecule has 1 N–H and O–H groups in total. The summed E-state index contributed by atoms with van der Waals surface area (Å²) in [6.07, 6.45) is 4.07. The van der Waals surface area contributed by atoms with Gasteiger partial charge in [-0.15, -0.1) is 12.4 Å². The molecule has 5 heteroatoms. The highest BCUT2D eigenvalue weighted by atomic mass is 35.5. The van der Waals surface area contributed by atoms with Gasteiger partial charge in [-0.05, 0) is 25.8 Å². The average Bonchev–Trinajstić information content (AvgIpc) is 2.68. The van der Waals surface area contributed by atoms with Crippen LogP contribution in [-0.4, -0.2) is 37.6 Å². The van der Waals surface area contributed by atoms with Gasteiger partial charge in [-0.25, -0.2) is 0 Å². The van der Waals surface area contributed by atoms with Crippen LogP contribution < -0.4 is 10.1 Å². The quantitative estimate of drug-likeness (QED) is 0.817. The normalized spacial score (nSPS) is 15.2. The third-order valence-electron chi connectivity index (χ3n) is 3.98. The first-order valence-corrected chi connectivity index (χ1v) is 7.82. The van der Waals surface area contributed by atoms with E-state index < -0.39 is 0 Å². The molecule has 0 aromatic heterocycles. The predicted octanol–water partition coefficient (Wildman–Crippen LogP) is 2.92. The Kier molecular flexibility index (Phi) is 8.28. The molecular weight excluding hydrogens is 300 g/mol. The second kappa shape index (κ2) is 9.70. The van der Waals surface area contributed by atoms with Crippen molar-refractivity contribution in [2.24, 2.45) is 0 Å². The van der Waals surface area contributed by atoms with Crippen molar-refractivity contribution in [2.75, 3.05) is 26.7 Å². The highest BCUT2D eigenvalue weighted by Gasteiger charge is 2.15. The summed E-state index contributed by atoms with van der Waals surface area (Å²) in [4.78, 5) is 13.9. The van der Waals surface area contributed by atoms with Crippen molar-refractivity contribution in [3.8, 4) is 5.75 Å². The molecule has 0 radical (unpaired) electrons. The molecule has 124 valence electrons. The number of likely N-dealkylation sites (tertiary alicyclic amines) is 1. The molecule has 1 aliphatic rings. The van der Waals surface area contributed by atoms with Crippen molar-refractivity contribution in [3.05, 3.63) is 29.3 Å². The Morgan fingerprint density at radius 2 is 2.09 bits per heavy atom. The topological polar surface area (TPSA) is 41.6 Å². The van der Waals surface area contributed by atoms with Gasteiger partial charge in [0.2, 0.25) is 5.91 Å². The van der Waals surface area contributed by atoms with E-state index in [9.17, 15) is 4.79 Å². The molecule has 1 aromatic rings. The van der Waals surface area contributed by atoms with Crippen LogP contribution >= 0.6 is 12.4 Å². The van der Waals surface area contributed by atoms with Crippen LogP contribution in [0, 0.1) is 6.92 Å². The van der Waals surface area contributed by atoms with Gasteiger partial charge in [0.15, 0.2) is 0 Å². The van der Waals surface area contributed by atoms with Gasteiger partial charge in [-0.1, -0.05) is 24.1 Å². The minimum absolute atomic E-state index is 0. The number of nitrogens with one attached hydrogen (secondary N) is 1. The molecule has 0 unspecified atom stereocenters. The lowest BCUT2D eigenvalue weighted by atomic mass is 10.1. The lowest BCUT2D eigenvalue weighted by Crippen LogP contribution is -2.36. The van der Waals surface area contributed by atoms with E-state index >= 15 is 0 Å². The van der Waals surface area contributed by atoms with E-state index in [-0.39, 0.29) is 12.4 Å². The second-order valence-corrected chi connectivity index (χ2v) is 5.68. The molecule has 1 saturated heterocycles. The first kappa shape index (κ1) is 18.8. The molecule has 0 spiro atoms. The minimum Gasteiger partial charge on any atom is -0.496 e. The molecule has 1 fully saturated rings. The predicted molar refractivity (Wildman–Crippen MR) is 91.7 cm³/mol. The Labute approximate surface area is 139 Å². The van der Waals surface area contributed by atoms with Crippen LogP contribution in [0.3, 0.4) is 0 Å². The van der Waals surface area contributed by atoms with E-state index in [4.69, 9.17) is 4.74 Å². The van der Waals surface area contributed by atoms with E-state index in [1.165, 1.54) is 17.5 Å². The first-order valence-electron chi connectivity index (χ1n) is 7.82. The molecule has 1 heterocycles. The molecule has 0 saturated carbocycles. The molecule has 0 atom stereocenters. The highest BCUT2D eigenvalue weighted by molar-refractivity contribution is 5.85. The number of nitrogens with zero attached hydrogens (tertiary/aromatic N) is 1. The Morgan fingerprint density at radius 3 is 2.86 bits per heavy atom. The maximum absolute atomic E-state index is 11.9. The number of halogens is 1. The number of hydrogen-bond donors (Lipinski definition) is 1. The number of carbonyl (C=O) groups excluding carboxylic acids is 1. The summed E-state index contributed by atoms with van der Waals surface area (Å²) in [5.41, 5.74) is 2.40. The van der Waals surface area contributed by atoms with Gasteiger partial charge in [0.1, 0.15) is 5.75 Å². The maximum atomic E-state index is 11.9. The summed E-state index contributed by atoms with van der Waals surface area (Å²) < 4.78 is 5.38. The van der Waals surface area contributed by atoms with Crippen molar-refractivity contribution in [3.63, 3.8) is 0 Å². The Morgan fingerprint density at radius 1 is 1.27 bits per heavy atom. The largest absolute Gasteiger partial charge is 0.496 e. The monoisotopic (exact) mass is 326 g/mol. The number of carbonyl (C=O) groups is 1. The van der Waals surface area contributed by atoms with E-state index in [1.807, 2.05) is 11.0 Å². The Bertz CT molecular complexity index is 480. The fourth-order valence-electron chi connectivity index (χ4n) is 2.76. The molecule has 0 bridgehead atoms. The summed E-state index contributed by atoms with van der Waals surface area (Å²) in [6, 6.07) is 6.20. The number of benzene rings is 1. The minimum atomic E-state index is 0. The molecule has 0 aliphatic carbocycles.